The summed E-state index contributed by atoms with van der Waals surface area (Å²) >= 11 is 0. The maximum absolute atomic E-state index is 11.5. The van der Waals surface area contributed by atoms with Crippen molar-refractivity contribution in [2.75, 3.05) is 18.9 Å². The van der Waals surface area contributed by atoms with Gasteiger partial charge in [0.1, 0.15) is 6.54 Å². The number of benzene rings is 1. The number of anilines is 1. The predicted octanol–water partition coefficient (Wildman–Crippen LogP) is 1.55. The summed E-state index contributed by atoms with van der Waals surface area (Å²) in [5.41, 5.74) is 1.12. The molecule has 0 aliphatic carbocycles. The van der Waals surface area contributed by atoms with Crippen molar-refractivity contribution in [1.29, 1.82) is 10.5 Å². The first-order valence-corrected chi connectivity index (χ1v) is 4.56. The van der Waals surface area contributed by atoms with Gasteiger partial charge in [-0.15, -0.1) is 0 Å². The number of amides is 2. The first-order valence-electron chi connectivity index (χ1n) is 4.56. The lowest BCUT2D eigenvalue weighted by Gasteiger charge is -2.14. The zero-order valence-electron chi connectivity index (χ0n) is 8.77. The topological polar surface area (TPSA) is 79.9 Å². The van der Waals surface area contributed by atoms with E-state index in [0.29, 0.717) is 11.3 Å². The Kier molecular flexibility index (Phi) is 3.88. The van der Waals surface area contributed by atoms with E-state index in [1.807, 2.05) is 12.1 Å². The van der Waals surface area contributed by atoms with Crippen molar-refractivity contribution < 1.29 is 4.79 Å². The minimum atomic E-state index is -0.355. The quantitative estimate of drug-likeness (QED) is 0.758. The molecule has 1 N–H and O–H groups in total. The number of nitriles is 2. The van der Waals surface area contributed by atoms with Gasteiger partial charge in [-0.3, -0.25) is 0 Å². The van der Waals surface area contributed by atoms with E-state index in [-0.39, 0.29) is 12.6 Å². The fourth-order valence-electron chi connectivity index (χ4n) is 1.02. The summed E-state index contributed by atoms with van der Waals surface area (Å²) in [5, 5.41) is 19.6. The number of hydrogen-bond donors (Lipinski definition) is 1. The number of nitrogens with zero attached hydrogens (tertiary/aromatic N) is 3. The summed E-state index contributed by atoms with van der Waals surface area (Å²) in [5.74, 6) is 0. The van der Waals surface area contributed by atoms with E-state index in [1.165, 1.54) is 11.9 Å². The van der Waals surface area contributed by atoms with Gasteiger partial charge >= 0.3 is 6.03 Å². The third-order valence-corrected chi connectivity index (χ3v) is 1.92. The van der Waals surface area contributed by atoms with Gasteiger partial charge in [0.25, 0.3) is 0 Å². The van der Waals surface area contributed by atoms with Crippen LogP contribution in [-0.4, -0.2) is 24.5 Å². The lowest BCUT2D eigenvalue weighted by Crippen LogP contribution is -2.31. The van der Waals surface area contributed by atoms with Gasteiger partial charge in [-0.1, -0.05) is 0 Å². The highest BCUT2D eigenvalue weighted by Gasteiger charge is 2.07. The molecular formula is C11H10N4O. The highest BCUT2D eigenvalue weighted by Crippen LogP contribution is 2.09. The van der Waals surface area contributed by atoms with Gasteiger partial charge in [0.2, 0.25) is 0 Å². The molecule has 0 aliphatic rings. The van der Waals surface area contributed by atoms with Crippen LogP contribution in [0.2, 0.25) is 0 Å². The molecule has 0 heterocycles. The van der Waals surface area contributed by atoms with Crippen LogP contribution in [0.25, 0.3) is 0 Å². The number of rotatable bonds is 2. The van der Waals surface area contributed by atoms with Gasteiger partial charge in [0.05, 0.1) is 17.7 Å². The highest BCUT2D eigenvalue weighted by molar-refractivity contribution is 5.89. The van der Waals surface area contributed by atoms with Crippen molar-refractivity contribution in [3.8, 4) is 12.1 Å². The first kappa shape index (κ1) is 11.5. The van der Waals surface area contributed by atoms with Crippen molar-refractivity contribution in [1.82, 2.24) is 4.90 Å². The molecule has 0 unspecified atom stereocenters. The van der Waals surface area contributed by atoms with Gasteiger partial charge in [0.15, 0.2) is 0 Å². The van der Waals surface area contributed by atoms with Gasteiger partial charge in [0, 0.05) is 12.7 Å². The van der Waals surface area contributed by atoms with E-state index in [1.54, 1.807) is 24.3 Å². The van der Waals surface area contributed by atoms with Crippen molar-refractivity contribution >= 4 is 11.7 Å². The Labute approximate surface area is 93.5 Å². The minimum Gasteiger partial charge on any atom is -0.314 e. The number of carbonyl (C=O) groups is 1. The molecule has 1 aromatic carbocycles. The van der Waals surface area contributed by atoms with E-state index in [2.05, 4.69) is 5.32 Å². The summed E-state index contributed by atoms with van der Waals surface area (Å²) in [6.07, 6.45) is 0. The Bertz CT molecular complexity index is 452. The Hall–Kier alpha value is -2.53. The van der Waals surface area contributed by atoms with Crippen molar-refractivity contribution in [2.24, 2.45) is 0 Å². The van der Waals surface area contributed by atoms with E-state index >= 15 is 0 Å². The maximum Gasteiger partial charge on any atom is 0.322 e. The molecule has 0 radical (unpaired) electrons. The Morgan fingerprint density at radius 3 is 2.50 bits per heavy atom. The molecule has 0 saturated carbocycles. The molecule has 0 atom stereocenters. The predicted molar refractivity (Wildman–Crippen MR) is 58.4 cm³/mol. The van der Waals surface area contributed by atoms with Crippen LogP contribution < -0.4 is 5.32 Å². The summed E-state index contributed by atoms with van der Waals surface area (Å²) in [4.78, 5) is 12.7. The molecule has 80 valence electrons. The second-order valence-corrected chi connectivity index (χ2v) is 3.13. The van der Waals surface area contributed by atoms with Crippen LogP contribution in [0.5, 0.6) is 0 Å². The van der Waals surface area contributed by atoms with Crippen LogP contribution in [0.3, 0.4) is 0 Å². The monoisotopic (exact) mass is 214 g/mol. The Balaban J connectivity index is 2.64. The lowest BCUT2D eigenvalue weighted by atomic mass is 10.2. The number of hydrogen-bond acceptors (Lipinski definition) is 3. The van der Waals surface area contributed by atoms with Crippen LogP contribution in [0, 0.1) is 22.7 Å². The second kappa shape index (κ2) is 5.38. The van der Waals surface area contributed by atoms with Gasteiger partial charge in [-0.25, -0.2) is 4.79 Å². The van der Waals surface area contributed by atoms with Crippen molar-refractivity contribution in [2.45, 2.75) is 0 Å². The highest BCUT2D eigenvalue weighted by atomic mass is 16.2. The standard InChI is InChI=1S/C11H10N4O/c1-15(7-6-12)11(16)14-10-4-2-9(8-13)3-5-10/h2-5H,7H2,1H3,(H,14,16). The SMILES string of the molecule is CN(CC#N)C(=O)Nc1ccc(C#N)cc1. The molecule has 5 heteroatoms. The van der Waals surface area contributed by atoms with Crippen LogP contribution in [0.4, 0.5) is 10.5 Å². The van der Waals surface area contributed by atoms with Gasteiger partial charge in [-0.2, -0.15) is 10.5 Å². The molecule has 0 fully saturated rings. The average Bonchev–Trinajstić information content (AvgIpc) is 2.30. The Morgan fingerprint density at radius 1 is 1.38 bits per heavy atom. The summed E-state index contributed by atoms with van der Waals surface area (Å²) in [7, 11) is 1.53. The molecule has 1 rings (SSSR count). The third-order valence-electron chi connectivity index (χ3n) is 1.92. The molecule has 0 aliphatic heterocycles. The van der Waals surface area contributed by atoms with Crippen molar-refractivity contribution in [3.05, 3.63) is 29.8 Å². The zero-order chi connectivity index (χ0) is 12.0. The normalized spacial score (nSPS) is 8.69. The molecule has 0 aromatic heterocycles. The smallest absolute Gasteiger partial charge is 0.314 e. The van der Waals surface area contributed by atoms with Crippen LogP contribution in [-0.2, 0) is 0 Å². The maximum atomic E-state index is 11.5. The zero-order valence-corrected chi connectivity index (χ0v) is 8.77. The average molecular weight is 214 g/mol. The molecular weight excluding hydrogens is 204 g/mol. The summed E-state index contributed by atoms with van der Waals surface area (Å²) in [6, 6.07) is 10.00. The van der Waals surface area contributed by atoms with E-state index < -0.39 is 0 Å². The number of urea groups is 1. The van der Waals surface area contributed by atoms with Gasteiger partial charge < -0.3 is 10.2 Å². The lowest BCUT2D eigenvalue weighted by molar-refractivity contribution is 0.227. The molecule has 2 amide bonds. The minimum absolute atomic E-state index is 0.0299. The molecule has 16 heavy (non-hydrogen) atoms. The molecule has 0 bridgehead atoms. The van der Waals surface area contributed by atoms with E-state index in [0.717, 1.165) is 0 Å². The van der Waals surface area contributed by atoms with E-state index in [9.17, 15) is 4.79 Å². The van der Waals surface area contributed by atoms with Gasteiger partial charge in [-0.05, 0) is 24.3 Å². The molecule has 0 spiro atoms. The third kappa shape index (κ3) is 3.00. The largest absolute Gasteiger partial charge is 0.322 e. The molecule has 0 saturated heterocycles. The van der Waals surface area contributed by atoms with E-state index in [4.69, 9.17) is 10.5 Å². The van der Waals surface area contributed by atoms with Crippen LogP contribution in [0.15, 0.2) is 24.3 Å². The van der Waals surface area contributed by atoms with Crippen molar-refractivity contribution in [3.63, 3.8) is 0 Å². The fourth-order valence-corrected chi connectivity index (χ4v) is 1.02. The number of nitrogens with one attached hydrogen (secondary N) is 1. The van der Waals surface area contributed by atoms with Crippen LogP contribution >= 0.6 is 0 Å². The first-order chi connectivity index (χ1) is 7.67. The number of carbonyl (C=O) groups excluding carboxylic acids is 1. The molecule has 5 nitrogen and oxygen atoms in total. The van der Waals surface area contributed by atoms with Crippen LogP contribution in [0.1, 0.15) is 5.56 Å². The Morgan fingerprint density at radius 2 is 2.00 bits per heavy atom. The summed E-state index contributed by atoms with van der Waals surface area (Å²) < 4.78 is 0. The fraction of sp³-hybridized carbons (Fsp3) is 0.182. The summed E-state index contributed by atoms with van der Waals surface area (Å²) in [6.45, 7) is 0.0299. The second-order valence-electron chi connectivity index (χ2n) is 3.13. The molecule has 1 aromatic rings.